The molecule has 1 saturated carbocycles. The van der Waals surface area contributed by atoms with Gasteiger partial charge in [-0.3, -0.25) is 4.79 Å². The fourth-order valence-electron chi connectivity index (χ4n) is 4.15. The molecular weight excluding hydrogens is 538 g/mol. The number of para-hydroxylation sites is 1. The molecule has 8 heteroatoms. The molecule has 32 heavy (non-hydrogen) atoms. The van der Waals surface area contributed by atoms with Gasteiger partial charge in [0.2, 0.25) is 0 Å². The van der Waals surface area contributed by atoms with Crippen LogP contribution >= 0.6 is 31.9 Å². The van der Waals surface area contributed by atoms with Crippen molar-refractivity contribution in [2.45, 2.75) is 44.9 Å². The molecule has 0 saturated heterocycles. The molecule has 0 bridgehead atoms. The van der Waals surface area contributed by atoms with E-state index < -0.39 is 0 Å². The molecule has 6 nitrogen and oxygen atoms in total. The summed E-state index contributed by atoms with van der Waals surface area (Å²) in [5.74, 6) is 2.16. The number of rotatable bonds is 6. The second-order valence-electron chi connectivity index (χ2n) is 7.74. The van der Waals surface area contributed by atoms with Gasteiger partial charge >= 0.3 is 0 Å². The standard InChI is InChI=1S/C24H25Br2N3O3/c1-3-32-19-13-16(20(25)21(26)22(19)31-2)14-27-29-23(15-9-5-4-6-10-15)28-18-12-8-7-11-17(18)24(29)30/h7-8,11-15H,3-6,9-10H2,1-2H3. The summed E-state index contributed by atoms with van der Waals surface area (Å²) in [4.78, 5) is 18.2. The third-order valence-electron chi connectivity index (χ3n) is 5.72. The molecule has 0 amide bonds. The Morgan fingerprint density at radius 1 is 1.19 bits per heavy atom. The van der Waals surface area contributed by atoms with Crippen molar-refractivity contribution in [1.82, 2.24) is 9.66 Å². The van der Waals surface area contributed by atoms with E-state index in [4.69, 9.17) is 14.5 Å². The van der Waals surface area contributed by atoms with Crippen molar-refractivity contribution in [2.24, 2.45) is 5.10 Å². The van der Waals surface area contributed by atoms with Gasteiger partial charge in [0.15, 0.2) is 11.5 Å². The molecule has 3 aromatic rings. The number of hydrogen-bond acceptors (Lipinski definition) is 5. The lowest BCUT2D eigenvalue weighted by molar-refractivity contribution is 0.309. The third kappa shape index (κ3) is 4.48. The van der Waals surface area contributed by atoms with Gasteiger partial charge in [-0.25, -0.2) is 4.98 Å². The fraction of sp³-hybridized carbons (Fsp3) is 0.375. The molecule has 1 aliphatic rings. The van der Waals surface area contributed by atoms with E-state index in [2.05, 4.69) is 37.0 Å². The Hall–Kier alpha value is -2.19. The molecule has 0 spiro atoms. The molecule has 1 aromatic heterocycles. The summed E-state index contributed by atoms with van der Waals surface area (Å²) in [7, 11) is 1.60. The van der Waals surface area contributed by atoms with Crippen LogP contribution in [0, 0.1) is 0 Å². The lowest BCUT2D eigenvalue weighted by atomic mass is 9.88. The molecule has 1 fully saturated rings. The first kappa shape index (κ1) is 23.0. The first-order valence-electron chi connectivity index (χ1n) is 10.8. The smallest absolute Gasteiger partial charge is 0.282 e. The van der Waals surface area contributed by atoms with Gasteiger partial charge in [-0.15, -0.1) is 0 Å². The van der Waals surface area contributed by atoms with Crippen LogP contribution in [0.5, 0.6) is 11.5 Å². The van der Waals surface area contributed by atoms with Crippen LogP contribution in [0.15, 0.2) is 49.2 Å². The van der Waals surface area contributed by atoms with Crippen molar-refractivity contribution in [3.05, 3.63) is 61.0 Å². The predicted octanol–water partition coefficient (Wildman–Crippen LogP) is 6.26. The van der Waals surface area contributed by atoms with Gasteiger partial charge in [0.05, 0.1) is 35.3 Å². The quantitative estimate of drug-likeness (QED) is 0.333. The SMILES string of the molecule is CCOc1cc(C=Nn2c(C3CCCCC3)nc3ccccc3c2=O)c(Br)c(Br)c1OC. The highest BCUT2D eigenvalue weighted by molar-refractivity contribution is 9.13. The van der Waals surface area contributed by atoms with Gasteiger partial charge in [-0.1, -0.05) is 31.4 Å². The first-order valence-corrected chi connectivity index (χ1v) is 12.4. The van der Waals surface area contributed by atoms with Crippen LogP contribution in [0.25, 0.3) is 10.9 Å². The van der Waals surface area contributed by atoms with Crippen molar-refractivity contribution in [3.63, 3.8) is 0 Å². The van der Waals surface area contributed by atoms with Crippen molar-refractivity contribution in [3.8, 4) is 11.5 Å². The number of hydrogen-bond donors (Lipinski definition) is 0. The van der Waals surface area contributed by atoms with Crippen LogP contribution in [0.2, 0.25) is 0 Å². The second kappa shape index (κ2) is 10.2. The Labute approximate surface area is 203 Å². The lowest BCUT2D eigenvalue weighted by Gasteiger charge is -2.22. The normalized spacial score (nSPS) is 14.9. The van der Waals surface area contributed by atoms with E-state index in [0.717, 1.165) is 51.5 Å². The Bertz CT molecular complexity index is 1220. The molecule has 0 radical (unpaired) electrons. The largest absolute Gasteiger partial charge is 0.492 e. The maximum absolute atomic E-state index is 13.4. The predicted molar refractivity (Wildman–Crippen MR) is 134 cm³/mol. The topological polar surface area (TPSA) is 65.7 Å². The summed E-state index contributed by atoms with van der Waals surface area (Å²) in [5, 5.41) is 5.19. The van der Waals surface area contributed by atoms with Gasteiger partial charge in [0.1, 0.15) is 5.82 Å². The van der Waals surface area contributed by atoms with Crippen LogP contribution in [-0.4, -0.2) is 29.6 Å². The summed E-state index contributed by atoms with van der Waals surface area (Å²) in [6.45, 7) is 2.42. The zero-order chi connectivity index (χ0) is 22.7. The number of aromatic nitrogens is 2. The fourth-order valence-corrected chi connectivity index (χ4v) is 5.13. The van der Waals surface area contributed by atoms with Crippen molar-refractivity contribution in [1.29, 1.82) is 0 Å². The number of nitrogens with zero attached hydrogens (tertiary/aromatic N) is 3. The Morgan fingerprint density at radius 3 is 2.66 bits per heavy atom. The Morgan fingerprint density at radius 2 is 1.94 bits per heavy atom. The van der Waals surface area contributed by atoms with Crippen LogP contribution < -0.4 is 15.0 Å². The number of methoxy groups -OCH3 is 1. The maximum atomic E-state index is 13.4. The molecule has 0 atom stereocenters. The average Bonchev–Trinajstić information content (AvgIpc) is 2.82. The lowest BCUT2D eigenvalue weighted by Crippen LogP contribution is -2.25. The summed E-state index contributed by atoms with van der Waals surface area (Å²) < 4.78 is 14.2. The number of benzene rings is 2. The van der Waals surface area contributed by atoms with Gasteiger partial charge in [0.25, 0.3) is 5.56 Å². The zero-order valence-corrected chi connectivity index (χ0v) is 21.3. The van der Waals surface area contributed by atoms with E-state index in [0.29, 0.717) is 23.5 Å². The number of halogens is 2. The highest BCUT2D eigenvalue weighted by Gasteiger charge is 2.22. The van der Waals surface area contributed by atoms with Crippen molar-refractivity contribution in [2.75, 3.05) is 13.7 Å². The monoisotopic (exact) mass is 561 g/mol. The molecule has 1 aliphatic carbocycles. The highest BCUT2D eigenvalue weighted by atomic mass is 79.9. The number of fused-ring (bicyclic) bond motifs is 1. The molecule has 0 aliphatic heterocycles. The van der Waals surface area contributed by atoms with E-state index in [1.807, 2.05) is 31.2 Å². The van der Waals surface area contributed by atoms with E-state index in [9.17, 15) is 4.79 Å². The molecule has 0 unspecified atom stereocenters. The zero-order valence-electron chi connectivity index (χ0n) is 18.1. The maximum Gasteiger partial charge on any atom is 0.282 e. The van der Waals surface area contributed by atoms with Crippen molar-refractivity contribution < 1.29 is 9.47 Å². The molecule has 1 heterocycles. The minimum absolute atomic E-state index is 0.152. The van der Waals surface area contributed by atoms with Gasteiger partial charge in [-0.05, 0) is 69.8 Å². The minimum atomic E-state index is -0.152. The first-order chi connectivity index (χ1) is 15.5. The van der Waals surface area contributed by atoms with Crippen LogP contribution in [0.4, 0.5) is 0 Å². The van der Waals surface area contributed by atoms with E-state index >= 15 is 0 Å². The summed E-state index contributed by atoms with van der Waals surface area (Å²) >= 11 is 7.18. The second-order valence-corrected chi connectivity index (χ2v) is 9.33. The Balaban J connectivity index is 1.85. The summed E-state index contributed by atoms with van der Waals surface area (Å²) in [6, 6.07) is 9.30. The van der Waals surface area contributed by atoms with Crippen LogP contribution in [0.3, 0.4) is 0 Å². The van der Waals surface area contributed by atoms with Gasteiger partial charge in [-0.2, -0.15) is 9.78 Å². The van der Waals surface area contributed by atoms with E-state index in [-0.39, 0.29) is 11.5 Å². The van der Waals surface area contributed by atoms with Gasteiger partial charge in [0, 0.05) is 16.0 Å². The highest BCUT2D eigenvalue weighted by Crippen LogP contribution is 2.42. The third-order valence-corrected chi connectivity index (χ3v) is 7.86. The molecule has 168 valence electrons. The van der Waals surface area contributed by atoms with Crippen molar-refractivity contribution >= 4 is 49.0 Å². The molecule has 2 aromatic carbocycles. The molecular formula is C24H25Br2N3O3. The van der Waals surface area contributed by atoms with Gasteiger partial charge < -0.3 is 9.47 Å². The minimum Gasteiger partial charge on any atom is -0.492 e. The average molecular weight is 563 g/mol. The molecule has 4 rings (SSSR count). The van der Waals surface area contributed by atoms with Crippen LogP contribution in [0.1, 0.15) is 56.3 Å². The Kier molecular flexibility index (Phi) is 7.30. The molecule has 0 N–H and O–H groups in total. The summed E-state index contributed by atoms with van der Waals surface area (Å²) in [5.41, 5.74) is 1.33. The van der Waals surface area contributed by atoms with E-state index in [1.54, 1.807) is 19.4 Å². The number of ether oxygens (including phenoxy) is 2. The summed E-state index contributed by atoms with van der Waals surface area (Å²) in [6.07, 6.45) is 7.22. The van der Waals surface area contributed by atoms with E-state index in [1.165, 1.54) is 11.1 Å². The van der Waals surface area contributed by atoms with Crippen LogP contribution in [-0.2, 0) is 0 Å².